The molecule has 2 aromatic carbocycles. The number of nitriles is 1. The van der Waals surface area contributed by atoms with E-state index in [0.717, 1.165) is 12.1 Å². The maximum absolute atomic E-state index is 13.5. The van der Waals surface area contributed by atoms with Crippen LogP contribution in [0.4, 0.5) is 18.9 Å². The molecule has 0 aliphatic carbocycles. The highest BCUT2D eigenvalue weighted by molar-refractivity contribution is 6.03. The Hall–Kier alpha value is -4.26. The van der Waals surface area contributed by atoms with Gasteiger partial charge in [-0.15, -0.1) is 0 Å². The summed E-state index contributed by atoms with van der Waals surface area (Å²) in [6, 6.07) is 12.5. The molecule has 0 spiro atoms. The van der Waals surface area contributed by atoms with Gasteiger partial charge in [0, 0.05) is 17.4 Å². The number of esters is 1. The van der Waals surface area contributed by atoms with Crippen molar-refractivity contribution in [3.8, 4) is 6.07 Å². The SMILES string of the molecule is CCOC(=O)C1=C(C)N(c2cccc(C(F)(F)F)c2)C(N)=C(C(=O)NC(C)C)C1c1ccc(C#N)cc1. The van der Waals surface area contributed by atoms with Crippen LogP contribution in [0.25, 0.3) is 0 Å². The summed E-state index contributed by atoms with van der Waals surface area (Å²) >= 11 is 0. The van der Waals surface area contributed by atoms with E-state index in [0.29, 0.717) is 11.1 Å². The highest BCUT2D eigenvalue weighted by atomic mass is 19.4. The minimum absolute atomic E-state index is 0.0236. The molecule has 194 valence electrons. The molecule has 1 aliphatic rings. The second-order valence-electron chi connectivity index (χ2n) is 8.70. The topological polar surface area (TPSA) is 108 Å². The van der Waals surface area contributed by atoms with Gasteiger partial charge in [-0.1, -0.05) is 18.2 Å². The van der Waals surface area contributed by atoms with Gasteiger partial charge in [-0.25, -0.2) is 4.79 Å². The zero-order chi connectivity index (χ0) is 27.5. The van der Waals surface area contributed by atoms with Crippen molar-refractivity contribution < 1.29 is 27.5 Å². The Kier molecular flexibility index (Phi) is 7.96. The van der Waals surface area contributed by atoms with E-state index in [1.54, 1.807) is 45.0 Å². The van der Waals surface area contributed by atoms with Gasteiger partial charge in [-0.3, -0.25) is 4.79 Å². The molecule has 37 heavy (non-hydrogen) atoms. The number of allylic oxidation sites excluding steroid dienone is 1. The maximum atomic E-state index is 13.5. The van der Waals surface area contributed by atoms with E-state index in [4.69, 9.17) is 10.5 Å². The molecule has 1 unspecified atom stereocenters. The molecule has 0 fully saturated rings. The lowest BCUT2D eigenvalue weighted by atomic mass is 9.80. The van der Waals surface area contributed by atoms with Crippen molar-refractivity contribution in [1.29, 1.82) is 5.26 Å². The Morgan fingerprint density at radius 2 is 1.81 bits per heavy atom. The number of halogens is 3. The summed E-state index contributed by atoms with van der Waals surface area (Å²) in [4.78, 5) is 28.0. The second kappa shape index (κ2) is 10.8. The first-order valence-electron chi connectivity index (χ1n) is 11.6. The van der Waals surface area contributed by atoms with Gasteiger partial charge in [0.05, 0.1) is 40.9 Å². The first-order chi connectivity index (χ1) is 17.4. The molecule has 0 saturated carbocycles. The minimum Gasteiger partial charge on any atom is -0.463 e. The number of anilines is 1. The van der Waals surface area contributed by atoms with Gasteiger partial charge in [0.15, 0.2) is 0 Å². The summed E-state index contributed by atoms with van der Waals surface area (Å²) in [6.45, 7) is 6.67. The number of benzene rings is 2. The average Bonchev–Trinajstić information content (AvgIpc) is 2.83. The van der Waals surface area contributed by atoms with Crippen LogP contribution in [-0.2, 0) is 20.5 Å². The molecule has 0 saturated heterocycles. The molecule has 2 aromatic rings. The summed E-state index contributed by atoms with van der Waals surface area (Å²) in [5, 5.41) is 12.0. The van der Waals surface area contributed by atoms with Gasteiger partial charge in [0.2, 0.25) is 0 Å². The second-order valence-corrected chi connectivity index (χ2v) is 8.70. The summed E-state index contributed by atoms with van der Waals surface area (Å²) in [5.74, 6) is -2.45. The highest BCUT2D eigenvalue weighted by Crippen LogP contribution is 2.44. The van der Waals surface area contributed by atoms with Crippen LogP contribution in [0, 0.1) is 11.3 Å². The molecule has 0 bridgehead atoms. The third kappa shape index (κ3) is 5.61. The molecule has 0 aromatic heterocycles. The molecule has 7 nitrogen and oxygen atoms in total. The molecular formula is C27H27F3N4O3. The van der Waals surface area contributed by atoms with E-state index in [-0.39, 0.29) is 41.0 Å². The van der Waals surface area contributed by atoms with Crippen molar-refractivity contribution >= 4 is 17.6 Å². The quantitative estimate of drug-likeness (QED) is 0.543. The number of nitrogens with one attached hydrogen (secondary N) is 1. The molecule has 0 radical (unpaired) electrons. The van der Waals surface area contributed by atoms with Crippen LogP contribution in [0.15, 0.2) is 71.2 Å². The summed E-state index contributed by atoms with van der Waals surface area (Å²) < 4.78 is 45.8. The summed E-state index contributed by atoms with van der Waals surface area (Å²) in [5.41, 5.74) is 6.74. The Labute approximate surface area is 213 Å². The predicted octanol–water partition coefficient (Wildman–Crippen LogP) is 4.71. The molecule has 1 heterocycles. The fourth-order valence-corrected chi connectivity index (χ4v) is 4.22. The zero-order valence-corrected chi connectivity index (χ0v) is 20.8. The zero-order valence-electron chi connectivity index (χ0n) is 20.8. The van der Waals surface area contributed by atoms with Crippen LogP contribution >= 0.6 is 0 Å². The number of ether oxygens (including phenoxy) is 1. The van der Waals surface area contributed by atoms with Crippen LogP contribution in [0.2, 0.25) is 0 Å². The fourth-order valence-electron chi connectivity index (χ4n) is 4.22. The van der Waals surface area contributed by atoms with Gasteiger partial charge in [0.25, 0.3) is 5.91 Å². The van der Waals surface area contributed by atoms with Crippen molar-refractivity contribution in [3.63, 3.8) is 0 Å². The van der Waals surface area contributed by atoms with E-state index >= 15 is 0 Å². The Balaban J connectivity index is 2.35. The number of nitrogens with two attached hydrogens (primary N) is 1. The van der Waals surface area contributed by atoms with Gasteiger partial charge >= 0.3 is 12.1 Å². The fraction of sp³-hybridized carbons (Fsp3) is 0.296. The Morgan fingerprint density at radius 3 is 2.35 bits per heavy atom. The number of amides is 1. The third-order valence-electron chi connectivity index (χ3n) is 5.78. The maximum Gasteiger partial charge on any atom is 0.416 e. The number of rotatable bonds is 6. The molecule has 1 amide bonds. The molecule has 3 rings (SSSR count). The molecule has 10 heteroatoms. The lowest BCUT2D eigenvalue weighted by molar-refractivity contribution is -0.139. The van der Waals surface area contributed by atoms with Gasteiger partial charge in [-0.2, -0.15) is 18.4 Å². The standard InChI is InChI=1S/C27H27F3N4O3/c1-5-37-26(36)21-16(4)34(20-8-6-7-19(13-20)27(28,29)30)24(32)23(25(35)33-15(2)3)22(21)18-11-9-17(14-31)10-12-18/h6-13,15,22H,5,32H2,1-4H3,(H,33,35). The number of alkyl halides is 3. The van der Waals surface area contributed by atoms with Crippen molar-refractivity contribution in [2.45, 2.75) is 45.8 Å². The van der Waals surface area contributed by atoms with Crippen molar-refractivity contribution in [1.82, 2.24) is 5.32 Å². The van der Waals surface area contributed by atoms with E-state index in [9.17, 15) is 28.0 Å². The number of carbonyl (C=O) groups is 2. The van der Waals surface area contributed by atoms with E-state index in [2.05, 4.69) is 5.32 Å². The smallest absolute Gasteiger partial charge is 0.416 e. The number of hydrogen-bond acceptors (Lipinski definition) is 6. The van der Waals surface area contributed by atoms with Crippen LogP contribution in [-0.4, -0.2) is 24.5 Å². The first kappa shape index (κ1) is 27.3. The Morgan fingerprint density at radius 1 is 1.16 bits per heavy atom. The van der Waals surface area contributed by atoms with E-state index in [1.807, 2.05) is 6.07 Å². The summed E-state index contributed by atoms with van der Waals surface area (Å²) in [6.07, 6.45) is -4.62. The minimum atomic E-state index is -4.62. The van der Waals surface area contributed by atoms with Crippen LogP contribution in [0.5, 0.6) is 0 Å². The average molecular weight is 513 g/mol. The third-order valence-corrected chi connectivity index (χ3v) is 5.78. The van der Waals surface area contributed by atoms with Crippen LogP contribution < -0.4 is 16.0 Å². The highest BCUT2D eigenvalue weighted by Gasteiger charge is 2.41. The molecule has 1 aliphatic heterocycles. The van der Waals surface area contributed by atoms with Crippen molar-refractivity contribution in [3.05, 3.63) is 87.9 Å². The molecule has 3 N–H and O–H groups in total. The number of hydrogen-bond donors (Lipinski definition) is 2. The van der Waals surface area contributed by atoms with Crippen LogP contribution in [0.3, 0.4) is 0 Å². The monoisotopic (exact) mass is 512 g/mol. The van der Waals surface area contributed by atoms with Gasteiger partial charge < -0.3 is 20.7 Å². The van der Waals surface area contributed by atoms with Gasteiger partial charge in [-0.05, 0) is 63.6 Å². The lowest BCUT2D eigenvalue weighted by Crippen LogP contribution is -2.43. The van der Waals surface area contributed by atoms with E-state index in [1.165, 1.54) is 24.0 Å². The first-order valence-corrected chi connectivity index (χ1v) is 11.6. The van der Waals surface area contributed by atoms with E-state index < -0.39 is 29.5 Å². The van der Waals surface area contributed by atoms with Gasteiger partial charge in [0.1, 0.15) is 5.82 Å². The number of nitrogens with zero attached hydrogens (tertiary/aromatic N) is 2. The van der Waals surface area contributed by atoms with Crippen LogP contribution in [0.1, 0.15) is 50.3 Å². The Bertz CT molecular complexity index is 1310. The van der Waals surface area contributed by atoms with Crippen molar-refractivity contribution in [2.24, 2.45) is 5.73 Å². The summed E-state index contributed by atoms with van der Waals surface area (Å²) in [7, 11) is 0. The largest absolute Gasteiger partial charge is 0.463 e. The normalized spacial score (nSPS) is 16.1. The predicted molar refractivity (Wildman–Crippen MR) is 132 cm³/mol. The number of carbonyl (C=O) groups excluding carboxylic acids is 2. The molecule has 1 atom stereocenters. The van der Waals surface area contributed by atoms with Crippen molar-refractivity contribution in [2.75, 3.05) is 11.5 Å². The lowest BCUT2D eigenvalue weighted by Gasteiger charge is -2.38. The molecular weight excluding hydrogens is 485 g/mol.